The first kappa shape index (κ1) is 24.0. The topological polar surface area (TPSA) is 118 Å². The monoisotopic (exact) mass is 466 g/mol. The van der Waals surface area contributed by atoms with Gasteiger partial charge in [-0.1, -0.05) is 23.2 Å². The third-order valence-corrected chi connectivity index (χ3v) is 4.57. The van der Waals surface area contributed by atoms with Crippen molar-refractivity contribution in [3.8, 4) is 11.5 Å². The summed E-state index contributed by atoms with van der Waals surface area (Å²) in [7, 11) is 2.91. The van der Waals surface area contributed by atoms with Gasteiger partial charge in [0.05, 0.1) is 36.4 Å². The van der Waals surface area contributed by atoms with E-state index >= 15 is 0 Å². The van der Waals surface area contributed by atoms with E-state index in [-0.39, 0.29) is 23.7 Å². The van der Waals surface area contributed by atoms with Gasteiger partial charge in [-0.15, -0.1) is 0 Å². The number of halogens is 2. The van der Waals surface area contributed by atoms with Crippen LogP contribution in [0, 0.1) is 0 Å². The molecule has 0 aliphatic heterocycles. The van der Waals surface area contributed by atoms with Crippen LogP contribution in [0.3, 0.4) is 0 Å². The van der Waals surface area contributed by atoms with Gasteiger partial charge in [0.15, 0.2) is 0 Å². The zero-order valence-electron chi connectivity index (χ0n) is 16.9. The van der Waals surface area contributed by atoms with Gasteiger partial charge in [0.25, 0.3) is 0 Å². The Morgan fingerprint density at radius 1 is 0.935 bits per heavy atom. The van der Waals surface area contributed by atoms with Gasteiger partial charge in [0.1, 0.15) is 11.5 Å². The lowest BCUT2D eigenvalue weighted by molar-refractivity contribution is -0.136. The fraction of sp³-hybridized carbons (Fsp3) is 0.200. The molecule has 2 aromatic rings. The van der Waals surface area contributed by atoms with E-state index in [1.54, 1.807) is 24.3 Å². The molecule has 11 heteroatoms. The lowest BCUT2D eigenvalue weighted by atomic mass is 10.2. The van der Waals surface area contributed by atoms with Gasteiger partial charge in [0.2, 0.25) is 5.91 Å². The second kappa shape index (κ2) is 11.2. The van der Waals surface area contributed by atoms with E-state index < -0.39 is 11.8 Å². The van der Waals surface area contributed by atoms with Crippen molar-refractivity contribution in [1.29, 1.82) is 0 Å². The minimum Gasteiger partial charge on any atom is -0.497 e. The van der Waals surface area contributed by atoms with Crippen LogP contribution in [0.15, 0.2) is 41.5 Å². The predicted molar refractivity (Wildman–Crippen MR) is 119 cm³/mol. The largest absolute Gasteiger partial charge is 0.497 e. The van der Waals surface area contributed by atoms with Crippen molar-refractivity contribution in [2.75, 3.05) is 24.9 Å². The fourth-order valence-corrected chi connectivity index (χ4v) is 2.63. The molecule has 0 saturated heterocycles. The van der Waals surface area contributed by atoms with Gasteiger partial charge in [0, 0.05) is 17.5 Å². The number of benzene rings is 2. The summed E-state index contributed by atoms with van der Waals surface area (Å²) in [4.78, 5) is 36.2. The molecule has 2 rings (SSSR count). The number of carbonyl (C=O) groups excluding carboxylic acids is 3. The summed E-state index contributed by atoms with van der Waals surface area (Å²) in [5, 5.41) is 9.48. The van der Waals surface area contributed by atoms with Gasteiger partial charge >= 0.3 is 11.8 Å². The van der Waals surface area contributed by atoms with Crippen LogP contribution in [-0.2, 0) is 14.4 Å². The molecule has 0 unspecified atom stereocenters. The summed E-state index contributed by atoms with van der Waals surface area (Å²) in [5.41, 5.74) is 3.12. The minimum absolute atomic E-state index is 0.117. The quantitative estimate of drug-likeness (QED) is 0.328. The van der Waals surface area contributed by atoms with Crippen LogP contribution in [0.2, 0.25) is 10.0 Å². The molecular formula is C20H20Cl2N4O5. The van der Waals surface area contributed by atoms with E-state index in [0.717, 1.165) is 0 Å². The summed E-state index contributed by atoms with van der Waals surface area (Å²) in [6.45, 7) is 1.53. The molecule has 0 aromatic heterocycles. The summed E-state index contributed by atoms with van der Waals surface area (Å²) < 4.78 is 10.2. The minimum atomic E-state index is -1.01. The Balaban J connectivity index is 1.90. The number of nitrogens with zero attached hydrogens (tertiary/aromatic N) is 1. The Morgan fingerprint density at radius 2 is 1.68 bits per heavy atom. The molecule has 0 spiro atoms. The van der Waals surface area contributed by atoms with Crippen molar-refractivity contribution in [2.45, 2.75) is 13.3 Å². The highest BCUT2D eigenvalue weighted by Gasteiger charge is 2.16. The summed E-state index contributed by atoms with van der Waals surface area (Å²) >= 11 is 11.7. The van der Waals surface area contributed by atoms with E-state index in [4.69, 9.17) is 32.7 Å². The molecule has 164 valence electrons. The molecule has 0 bridgehead atoms. The third kappa shape index (κ3) is 7.16. The number of rotatable bonds is 7. The number of amides is 3. The SMILES string of the molecule is COc1ccc(NC(=O)C(=O)N/N=C(/C)CC(=O)Nc2ccc(Cl)c(Cl)c2)c(OC)c1. The molecule has 3 amide bonds. The van der Waals surface area contributed by atoms with E-state index in [0.29, 0.717) is 27.2 Å². The normalized spacial score (nSPS) is 10.8. The zero-order valence-corrected chi connectivity index (χ0v) is 18.4. The highest BCUT2D eigenvalue weighted by Crippen LogP contribution is 2.29. The maximum absolute atomic E-state index is 12.1. The van der Waals surface area contributed by atoms with Gasteiger partial charge < -0.3 is 20.1 Å². The van der Waals surface area contributed by atoms with Crippen molar-refractivity contribution >= 4 is 58.0 Å². The highest BCUT2D eigenvalue weighted by molar-refractivity contribution is 6.42. The maximum atomic E-state index is 12.1. The van der Waals surface area contributed by atoms with Gasteiger partial charge in [-0.2, -0.15) is 5.10 Å². The van der Waals surface area contributed by atoms with Crippen LogP contribution in [-0.4, -0.2) is 37.7 Å². The number of hydrazone groups is 1. The average molecular weight is 467 g/mol. The standard InChI is InChI=1S/C20H20Cl2N4O5/c1-11(8-18(27)23-12-4-6-14(21)15(22)9-12)25-26-20(29)19(28)24-16-7-5-13(30-2)10-17(16)31-3/h4-7,9-10H,8H2,1-3H3,(H,23,27)(H,24,28)(H,26,29)/b25-11-. The van der Waals surface area contributed by atoms with Crippen LogP contribution in [0.4, 0.5) is 11.4 Å². The van der Waals surface area contributed by atoms with E-state index in [2.05, 4.69) is 21.2 Å². The van der Waals surface area contributed by atoms with Crippen LogP contribution in [0.1, 0.15) is 13.3 Å². The molecular weight excluding hydrogens is 447 g/mol. The van der Waals surface area contributed by atoms with Crippen LogP contribution >= 0.6 is 23.2 Å². The number of nitrogens with one attached hydrogen (secondary N) is 3. The molecule has 2 aromatic carbocycles. The van der Waals surface area contributed by atoms with E-state index in [9.17, 15) is 14.4 Å². The fourth-order valence-electron chi connectivity index (χ4n) is 2.33. The second-order valence-corrected chi connectivity index (χ2v) is 6.98. The molecule has 31 heavy (non-hydrogen) atoms. The summed E-state index contributed by atoms with van der Waals surface area (Å²) in [6.07, 6.45) is -0.117. The Kier molecular flexibility index (Phi) is 8.65. The lowest BCUT2D eigenvalue weighted by Gasteiger charge is -2.11. The summed E-state index contributed by atoms with van der Waals surface area (Å²) in [5.74, 6) is -1.51. The highest BCUT2D eigenvalue weighted by atomic mass is 35.5. The lowest BCUT2D eigenvalue weighted by Crippen LogP contribution is -2.33. The molecule has 9 nitrogen and oxygen atoms in total. The first-order valence-electron chi connectivity index (χ1n) is 8.85. The Hall–Kier alpha value is -3.30. The second-order valence-electron chi connectivity index (χ2n) is 6.16. The van der Waals surface area contributed by atoms with Crippen molar-refractivity contribution in [3.63, 3.8) is 0 Å². The molecule has 0 aliphatic carbocycles. The number of carbonyl (C=O) groups is 3. The van der Waals surface area contributed by atoms with E-state index in [1.165, 1.54) is 33.3 Å². The molecule has 0 aliphatic rings. The van der Waals surface area contributed by atoms with Gasteiger partial charge in [-0.05, 0) is 37.3 Å². The molecule has 0 heterocycles. The molecule has 3 N–H and O–H groups in total. The summed E-state index contributed by atoms with van der Waals surface area (Å²) in [6, 6.07) is 9.35. The first-order chi connectivity index (χ1) is 14.7. The van der Waals surface area contributed by atoms with Crippen molar-refractivity contribution < 1.29 is 23.9 Å². The zero-order chi connectivity index (χ0) is 23.0. The number of methoxy groups -OCH3 is 2. The number of anilines is 2. The molecule has 0 saturated carbocycles. The maximum Gasteiger partial charge on any atom is 0.329 e. The average Bonchev–Trinajstić information content (AvgIpc) is 2.74. The Morgan fingerprint density at radius 3 is 2.32 bits per heavy atom. The van der Waals surface area contributed by atoms with Gasteiger partial charge in [-0.25, -0.2) is 5.43 Å². The predicted octanol–water partition coefficient (Wildman–Crippen LogP) is 3.47. The van der Waals surface area contributed by atoms with E-state index in [1.807, 2.05) is 0 Å². The van der Waals surface area contributed by atoms with Crippen molar-refractivity contribution in [2.24, 2.45) is 5.10 Å². The first-order valence-corrected chi connectivity index (χ1v) is 9.60. The number of hydrogen-bond acceptors (Lipinski definition) is 6. The van der Waals surface area contributed by atoms with Crippen molar-refractivity contribution in [3.05, 3.63) is 46.4 Å². The van der Waals surface area contributed by atoms with Crippen molar-refractivity contribution in [1.82, 2.24) is 5.43 Å². The Bertz CT molecular complexity index is 1030. The van der Waals surface area contributed by atoms with Crippen LogP contribution < -0.4 is 25.5 Å². The molecule has 0 radical (unpaired) electrons. The smallest absolute Gasteiger partial charge is 0.329 e. The van der Waals surface area contributed by atoms with Gasteiger partial charge in [-0.3, -0.25) is 14.4 Å². The third-order valence-electron chi connectivity index (χ3n) is 3.83. The van der Waals surface area contributed by atoms with Crippen LogP contribution in [0.5, 0.6) is 11.5 Å². The van der Waals surface area contributed by atoms with Crippen LogP contribution in [0.25, 0.3) is 0 Å². The Labute approximate surface area is 188 Å². The molecule has 0 fully saturated rings. The number of hydrogen-bond donors (Lipinski definition) is 3. The molecule has 0 atom stereocenters. The number of ether oxygens (including phenoxy) is 2.